The Morgan fingerprint density at radius 2 is 2.50 bits per heavy atom. The van der Waals surface area contributed by atoms with Crippen LogP contribution in [0, 0.1) is 5.92 Å². The first-order valence-electron chi connectivity index (χ1n) is 6.30. The van der Waals surface area contributed by atoms with E-state index in [1.165, 1.54) is 0 Å². The molecule has 0 spiro atoms. The summed E-state index contributed by atoms with van der Waals surface area (Å²) in [7, 11) is 0. The molecule has 5 heteroatoms. The summed E-state index contributed by atoms with van der Waals surface area (Å²) in [4.78, 5) is 15.6. The van der Waals surface area contributed by atoms with E-state index in [1.54, 1.807) is 18.5 Å². The van der Waals surface area contributed by atoms with Crippen LogP contribution in [0.15, 0.2) is 24.5 Å². The van der Waals surface area contributed by atoms with Crippen molar-refractivity contribution in [1.82, 2.24) is 10.3 Å². The smallest absolute Gasteiger partial charge is 0.319 e. The largest absolute Gasteiger partial charge is 0.378 e. The van der Waals surface area contributed by atoms with Crippen LogP contribution in [0.4, 0.5) is 10.5 Å². The van der Waals surface area contributed by atoms with Gasteiger partial charge in [0.05, 0.1) is 18.0 Å². The van der Waals surface area contributed by atoms with Crippen molar-refractivity contribution in [2.75, 3.05) is 18.5 Å². The molecule has 1 aromatic rings. The van der Waals surface area contributed by atoms with Gasteiger partial charge in [0, 0.05) is 19.3 Å². The highest BCUT2D eigenvalue weighted by Crippen LogP contribution is 2.18. The molecule has 2 N–H and O–H groups in total. The summed E-state index contributed by atoms with van der Waals surface area (Å²) in [6.07, 6.45) is 5.61. The number of anilines is 1. The Bertz CT molecular complexity index is 383. The summed E-state index contributed by atoms with van der Waals surface area (Å²) in [5.74, 6) is 0.508. The zero-order valence-corrected chi connectivity index (χ0v) is 10.6. The molecule has 1 aromatic heterocycles. The molecular formula is C13H19N3O2. The number of nitrogens with one attached hydrogen (secondary N) is 2. The van der Waals surface area contributed by atoms with Crippen LogP contribution in [-0.4, -0.2) is 30.3 Å². The van der Waals surface area contributed by atoms with Gasteiger partial charge in [-0.25, -0.2) is 4.79 Å². The average Bonchev–Trinajstić information content (AvgIpc) is 2.38. The van der Waals surface area contributed by atoms with Gasteiger partial charge in [0.25, 0.3) is 0 Å². The Morgan fingerprint density at radius 1 is 1.61 bits per heavy atom. The zero-order valence-electron chi connectivity index (χ0n) is 10.6. The lowest BCUT2D eigenvalue weighted by molar-refractivity contribution is 0.00354. The topological polar surface area (TPSA) is 63.2 Å². The van der Waals surface area contributed by atoms with E-state index in [-0.39, 0.29) is 6.03 Å². The number of rotatable bonds is 3. The Hall–Kier alpha value is -1.62. The van der Waals surface area contributed by atoms with E-state index >= 15 is 0 Å². The van der Waals surface area contributed by atoms with Gasteiger partial charge in [0.1, 0.15) is 0 Å². The lowest BCUT2D eigenvalue weighted by atomic mass is 9.96. The quantitative estimate of drug-likeness (QED) is 0.861. The average molecular weight is 249 g/mol. The van der Waals surface area contributed by atoms with Gasteiger partial charge < -0.3 is 15.4 Å². The number of aromatic nitrogens is 1. The minimum atomic E-state index is -0.179. The van der Waals surface area contributed by atoms with Gasteiger partial charge in [-0.3, -0.25) is 4.98 Å². The predicted octanol–water partition coefficient (Wildman–Crippen LogP) is 2.02. The van der Waals surface area contributed by atoms with Crippen LogP contribution in [0.25, 0.3) is 0 Å². The number of carbonyl (C=O) groups excluding carboxylic acids is 1. The van der Waals surface area contributed by atoms with Crippen LogP contribution in [-0.2, 0) is 4.74 Å². The molecule has 0 aliphatic carbocycles. The normalized spacial score (nSPS) is 23.4. The molecule has 2 atom stereocenters. The fourth-order valence-corrected chi connectivity index (χ4v) is 2.13. The molecule has 1 saturated heterocycles. The first kappa shape index (κ1) is 12.8. The molecule has 2 heterocycles. The molecule has 0 radical (unpaired) electrons. The van der Waals surface area contributed by atoms with Crippen molar-refractivity contribution in [3.05, 3.63) is 24.5 Å². The number of hydrogen-bond acceptors (Lipinski definition) is 3. The van der Waals surface area contributed by atoms with E-state index in [4.69, 9.17) is 4.74 Å². The van der Waals surface area contributed by atoms with Gasteiger partial charge in [-0.2, -0.15) is 0 Å². The molecule has 2 rings (SSSR count). The number of nitrogens with zero attached hydrogens (tertiary/aromatic N) is 1. The van der Waals surface area contributed by atoms with Crippen molar-refractivity contribution in [3.63, 3.8) is 0 Å². The van der Waals surface area contributed by atoms with E-state index in [9.17, 15) is 4.79 Å². The molecule has 0 aromatic carbocycles. The van der Waals surface area contributed by atoms with Gasteiger partial charge in [0.15, 0.2) is 0 Å². The second-order valence-corrected chi connectivity index (χ2v) is 4.65. The molecule has 1 fully saturated rings. The van der Waals surface area contributed by atoms with Crippen molar-refractivity contribution in [2.45, 2.75) is 25.9 Å². The lowest BCUT2D eigenvalue weighted by Gasteiger charge is -2.27. The molecule has 98 valence electrons. The maximum atomic E-state index is 11.7. The fraction of sp³-hybridized carbons (Fsp3) is 0.538. The van der Waals surface area contributed by atoms with Gasteiger partial charge >= 0.3 is 6.03 Å². The van der Waals surface area contributed by atoms with Gasteiger partial charge in [0.2, 0.25) is 0 Å². The summed E-state index contributed by atoms with van der Waals surface area (Å²) >= 11 is 0. The molecular weight excluding hydrogens is 230 g/mol. The van der Waals surface area contributed by atoms with E-state index in [1.807, 2.05) is 6.07 Å². The molecule has 2 amide bonds. The van der Waals surface area contributed by atoms with E-state index in [0.29, 0.717) is 24.3 Å². The van der Waals surface area contributed by atoms with Crippen LogP contribution in [0.5, 0.6) is 0 Å². The SMILES string of the molecule is C[C@H]1C[C@@H](CNC(=O)Nc2cccnc2)CCO1. The van der Waals surface area contributed by atoms with Crippen LogP contribution < -0.4 is 10.6 Å². The summed E-state index contributed by atoms with van der Waals surface area (Å²) in [5, 5.41) is 5.64. The molecule has 1 aliphatic heterocycles. The Morgan fingerprint density at radius 3 is 3.22 bits per heavy atom. The third-order valence-electron chi connectivity index (χ3n) is 3.06. The van der Waals surface area contributed by atoms with Crippen LogP contribution in [0.1, 0.15) is 19.8 Å². The monoisotopic (exact) mass is 249 g/mol. The first-order chi connectivity index (χ1) is 8.74. The fourth-order valence-electron chi connectivity index (χ4n) is 2.13. The highest BCUT2D eigenvalue weighted by molar-refractivity contribution is 5.88. The molecule has 0 bridgehead atoms. The second kappa shape index (κ2) is 6.35. The highest BCUT2D eigenvalue weighted by atomic mass is 16.5. The minimum absolute atomic E-state index is 0.179. The van der Waals surface area contributed by atoms with Crippen LogP contribution in [0.3, 0.4) is 0 Å². The number of pyridine rings is 1. The number of amides is 2. The second-order valence-electron chi connectivity index (χ2n) is 4.65. The first-order valence-corrected chi connectivity index (χ1v) is 6.30. The maximum Gasteiger partial charge on any atom is 0.319 e. The summed E-state index contributed by atoms with van der Waals surface area (Å²) < 4.78 is 5.47. The standard InChI is InChI=1S/C13H19N3O2/c1-10-7-11(4-6-18-10)8-15-13(17)16-12-3-2-5-14-9-12/h2-3,5,9-11H,4,6-8H2,1H3,(H2,15,16,17)/t10-,11-/m0/s1. The van der Waals surface area contributed by atoms with E-state index < -0.39 is 0 Å². The third-order valence-corrected chi connectivity index (χ3v) is 3.06. The number of ether oxygens (including phenoxy) is 1. The van der Waals surface area contributed by atoms with Crippen LogP contribution >= 0.6 is 0 Å². The van der Waals surface area contributed by atoms with Gasteiger partial charge in [-0.05, 0) is 37.8 Å². The molecule has 0 unspecified atom stereocenters. The summed E-state index contributed by atoms with van der Waals surface area (Å²) in [6.45, 7) is 3.55. The minimum Gasteiger partial charge on any atom is -0.378 e. The number of hydrogen-bond donors (Lipinski definition) is 2. The predicted molar refractivity (Wildman–Crippen MR) is 69.4 cm³/mol. The van der Waals surface area contributed by atoms with Crippen LogP contribution in [0.2, 0.25) is 0 Å². The zero-order chi connectivity index (χ0) is 12.8. The van der Waals surface area contributed by atoms with Crippen molar-refractivity contribution < 1.29 is 9.53 Å². The Kier molecular flexibility index (Phi) is 4.52. The lowest BCUT2D eigenvalue weighted by Crippen LogP contribution is -2.36. The van der Waals surface area contributed by atoms with Crippen molar-refractivity contribution in [3.8, 4) is 0 Å². The van der Waals surface area contributed by atoms with E-state index in [0.717, 1.165) is 19.4 Å². The maximum absolute atomic E-state index is 11.7. The molecule has 0 saturated carbocycles. The third kappa shape index (κ3) is 4.00. The van der Waals surface area contributed by atoms with Gasteiger partial charge in [-0.15, -0.1) is 0 Å². The number of urea groups is 1. The molecule has 18 heavy (non-hydrogen) atoms. The van der Waals surface area contributed by atoms with E-state index in [2.05, 4.69) is 22.5 Å². The van der Waals surface area contributed by atoms with Gasteiger partial charge in [-0.1, -0.05) is 0 Å². The molecule has 5 nitrogen and oxygen atoms in total. The summed E-state index contributed by atoms with van der Waals surface area (Å²) in [6, 6.07) is 3.42. The number of carbonyl (C=O) groups is 1. The highest BCUT2D eigenvalue weighted by Gasteiger charge is 2.19. The summed E-state index contributed by atoms with van der Waals surface area (Å²) in [5.41, 5.74) is 0.704. The Balaban J connectivity index is 1.71. The van der Waals surface area contributed by atoms with Crippen molar-refractivity contribution >= 4 is 11.7 Å². The van der Waals surface area contributed by atoms with Crippen molar-refractivity contribution in [1.29, 1.82) is 0 Å². The Labute approximate surface area is 107 Å². The van der Waals surface area contributed by atoms with Crippen molar-refractivity contribution in [2.24, 2.45) is 5.92 Å². The molecule has 1 aliphatic rings.